The van der Waals surface area contributed by atoms with Crippen molar-refractivity contribution < 1.29 is 23.8 Å². The van der Waals surface area contributed by atoms with Crippen LogP contribution in [0.2, 0.25) is 0 Å². The number of fused-ring (bicyclic) bond motifs is 2. The topological polar surface area (TPSA) is 77.1 Å². The first-order valence-electron chi connectivity index (χ1n) is 7.52. The molecule has 8 heteroatoms. The summed E-state index contributed by atoms with van der Waals surface area (Å²) in [6, 6.07) is 10.4. The molecule has 2 aliphatic heterocycles. The van der Waals surface area contributed by atoms with Crippen molar-refractivity contribution in [1.29, 1.82) is 0 Å². The first-order chi connectivity index (χ1) is 12.1. The molecule has 25 heavy (non-hydrogen) atoms. The highest BCUT2D eigenvalue weighted by Crippen LogP contribution is 2.35. The maximum absolute atomic E-state index is 12.4. The number of rotatable bonds is 3. The maximum Gasteiger partial charge on any atom is 0.265 e. The second-order valence-electron chi connectivity index (χ2n) is 5.50. The summed E-state index contributed by atoms with van der Waals surface area (Å²) in [7, 11) is 0. The van der Waals surface area contributed by atoms with Crippen LogP contribution in [0.25, 0.3) is 0 Å². The zero-order valence-corrected chi connectivity index (χ0v) is 14.5. The van der Waals surface area contributed by atoms with Crippen molar-refractivity contribution in [2.24, 2.45) is 0 Å². The second-order valence-corrected chi connectivity index (χ2v) is 6.41. The monoisotopic (exact) mass is 404 g/mol. The molecular weight excluding hydrogens is 392 g/mol. The lowest BCUT2D eigenvalue weighted by Gasteiger charge is -2.29. The van der Waals surface area contributed by atoms with Crippen LogP contribution in [-0.2, 0) is 9.59 Å². The Balaban J connectivity index is 1.50. The first-order valence-corrected chi connectivity index (χ1v) is 8.32. The Morgan fingerprint density at radius 3 is 2.80 bits per heavy atom. The molecule has 0 aliphatic carbocycles. The third-order valence-electron chi connectivity index (χ3n) is 3.82. The van der Waals surface area contributed by atoms with Gasteiger partial charge in [-0.1, -0.05) is 15.9 Å². The third-order valence-corrected chi connectivity index (χ3v) is 4.32. The minimum Gasteiger partial charge on any atom is -0.482 e. The fourth-order valence-electron chi connectivity index (χ4n) is 2.67. The number of hydrogen-bond acceptors (Lipinski definition) is 5. The molecule has 0 atom stereocenters. The standard InChI is InChI=1S/C17H13BrN2O5/c18-10-1-3-12-14(5-10)23-8-17(22)20(12)7-16(21)19-11-2-4-13-15(6-11)25-9-24-13/h1-6H,7-9H2,(H,19,21). The molecule has 0 spiro atoms. The van der Waals surface area contributed by atoms with E-state index in [0.29, 0.717) is 28.6 Å². The van der Waals surface area contributed by atoms with Gasteiger partial charge >= 0.3 is 0 Å². The molecule has 0 aromatic heterocycles. The normalized spacial score (nSPS) is 14.8. The Kier molecular flexibility index (Phi) is 3.96. The summed E-state index contributed by atoms with van der Waals surface area (Å²) >= 11 is 3.36. The van der Waals surface area contributed by atoms with Gasteiger partial charge in [0, 0.05) is 16.2 Å². The van der Waals surface area contributed by atoms with Crippen molar-refractivity contribution in [3.8, 4) is 17.2 Å². The van der Waals surface area contributed by atoms with Crippen molar-refractivity contribution in [3.63, 3.8) is 0 Å². The third kappa shape index (κ3) is 3.12. The number of anilines is 2. The molecule has 0 bridgehead atoms. The summed E-state index contributed by atoms with van der Waals surface area (Å²) in [5, 5.41) is 2.76. The average Bonchev–Trinajstić information content (AvgIpc) is 3.05. The Morgan fingerprint density at radius 1 is 1.08 bits per heavy atom. The smallest absolute Gasteiger partial charge is 0.265 e. The molecule has 4 rings (SSSR count). The van der Waals surface area contributed by atoms with Gasteiger partial charge in [0.25, 0.3) is 5.91 Å². The van der Waals surface area contributed by atoms with E-state index in [4.69, 9.17) is 14.2 Å². The van der Waals surface area contributed by atoms with Crippen LogP contribution in [0.4, 0.5) is 11.4 Å². The van der Waals surface area contributed by atoms with Crippen LogP contribution in [-0.4, -0.2) is 31.8 Å². The number of benzene rings is 2. The van der Waals surface area contributed by atoms with Crippen LogP contribution in [0, 0.1) is 0 Å². The Bertz CT molecular complexity index is 870. The highest BCUT2D eigenvalue weighted by molar-refractivity contribution is 9.10. The van der Waals surface area contributed by atoms with E-state index in [1.54, 1.807) is 36.4 Å². The minimum absolute atomic E-state index is 0.0965. The Labute approximate surface area is 151 Å². The Hall–Kier alpha value is -2.74. The predicted octanol–water partition coefficient (Wildman–Crippen LogP) is 2.54. The number of nitrogens with zero attached hydrogens (tertiary/aromatic N) is 1. The highest BCUT2D eigenvalue weighted by atomic mass is 79.9. The van der Waals surface area contributed by atoms with Crippen molar-refractivity contribution in [3.05, 3.63) is 40.9 Å². The number of nitrogens with one attached hydrogen (secondary N) is 1. The summed E-state index contributed by atoms with van der Waals surface area (Å²) in [5.74, 6) is 1.19. The molecule has 7 nitrogen and oxygen atoms in total. The summed E-state index contributed by atoms with van der Waals surface area (Å²) in [4.78, 5) is 25.9. The van der Waals surface area contributed by atoms with E-state index in [9.17, 15) is 9.59 Å². The lowest BCUT2D eigenvalue weighted by molar-refractivity contribution is -0.123. The van der Waals surface area contributed by atoms with Crippen LogP contribution < -0.4 is 24.4 Å². The molecular formula is C17H13BrN2O5. The molecule has 0 radical (unpaired) electrons. The van der Waals surface area contributed by atoms with Gasteiger partial charge < -0.3 is 19.5 Å². The summed E-state index contributed by atoms with van der Waals surface area (Å²) in [6.07, 6.45) is 0. The SMILES string of the molecule is O=C(CN1C(=O)COc2cc(Br)ccc21)Nc1ccc2c(c1)OCO2. The molecule has 128 valence electrons. The van der Waals surface area contributed by atoms with Gasteiger partial charge in [0.2, 0.25) is 12.7 Å². The number of carbonyl (C=O) groups excluding carboxylic acids is 2. The van der Waals surface area contributed by atoms with Crippen LogP contribution in [0.1, 0.15) is 0 Å². The maximum atomic E-state index is 12.4. The van der Waals surface area contributed by atoms with E-state index in [1.807, 2.05) is 0 Å². The fourth-order valence-corrected chi connectivity index (χ4v) is 3.01. The van der Waals surface area contributed by atoms with E-state index in [1.165, 1.54) is 4.90 Å². The van der Waals surface area contributed by atoms with Gasteiger partial charge in [-0.2, -0.15) is 0 Å². The van der Waals surface area contributed by atoms with Gasteiger partial charge in [0.15, 0.2) is 18.1 Å². The fraction of sp³-hybridized carbons (Fsp3) is 0.176. The summed E-state index contributed by atoms with van der Waals surface area (Å²) in [6.45, 7) is -0.0343. The van der Waals surface area contributed by atoms with E-state index in [-0.39, 0.29) is 31.8 Å². The largest absolute Gasteiger partial charge is 0.482 e. The van der Waals surface area contributed by atoms with Gasteiger partial charge in [-0.15, -0.1) is 0 Å². The van der Waals surface area contributed by atoms with Gasteiger partial charge in [0.1, 0.15) is 12.3 Å². The number of hydrogen-bond donors (Lipinski definition) is 1. The zero-order chi connectivity index (χ0) is 17.4. The lowest BCUT2D eigenvalue weighted by Crippen LogP contribution is -2.43. The van der Waals surface area contributed by atoms with Crippen LogP contribution in [0.3, 0.4) is 0 Å². The molecule has 0 saturated heterocycles. The molecule has 2 aliphatic rings. The molecule has 2 aromatic carbocycles. The van der Waals surface area contributed by atoms with Crippen molar-refractivity contribution in [1.82, 2.24) is 0 Å². The van der Waals surface area contributed by atoms with Crippen molar-refractivity contribution >= 4 is 39.1 Å². The number of halogens is 1. The number of amides is 2. The van der Waals surface area contributed by atoms with Gasteiger partial charge in [-0.25, -0.2) is 0 Å². The quantitative estimate of drug-likeness (QED) is 0.850. The molecule has 0 fully saturated rings. The van der Waals surface area contributed by atoms with Crippen molar-refractivity contribution in [2.45, 2.75) is 0 Å². The van der Waals surface area contributed by atoms with Crippen LogP contribution in [0.5, 0.6) is 17.2 Å². The second kappa shape index (κ2) is 6.29. The lowest BCUT2D eigenvalue weighted by atomic mass is 10.2. The highest BCUT2D eigenvalue weighted by Gasteiger charge is 2.27. The Morgan fingerprint density at radius 2 is 1.92 bits per heavy atom. The van der Waals surface area contributed by atoms with E-state index < -0.39 is 0 Å². The van der Waals surface area contributed by atoms with Gasteiger partial charge in [-0.3, -0.25) is 14.5 Å². The van der Waals surface area contributed by atoms with Crippen LogP contribution >= 0.6 is 15.9 Å². The summed E-state index contributed by atoms with van der Waals surface area (Å²) < 4.78 is 16.8. The number of ether oxygens (including phenoxy) is 3. The van der Waals surface area contributed by atoms with E-state index in [2.05, 4.69) is 21.2 Å². The molecule has 0 unspecified atom stereocenters. The molecule has 2 amide bonds. The van der Waals surface area contributed by atoms with Gasteiger partial charge in [0.05, 0.1) is 5.69 Å². The van der Waals surface area contributed by atoms with Crippen LogP contribution in [0.15, 0.2) is 40.9 Å². The van der Waals surface area contributed by atoms with Crippen molar-refractivity contribution in [2.75, 3.05) is 30.2 Å². The molecule has 0 saturated carbocycles. The summed E-state index contributed by atoms with van der Waals surface area (Å²) in [5.41, 5.74) is 1.14. The first kappa shape index (κ1) is 15.8. The minimum atomic E-state index is -0.317. The average molecular weight is 405 g/mol. The molecule has 2 aromatic rings. The number of carbonyl (C=O) groups is 2. The zero-order valence-electron chi connectivity index (χ0n) is 13.0. The molecule has 2 heterocycles. The molecule has 1 N–H and O–H groups in total. The van der Waals surface area contributed by atoms with Gasteiger partial charge in [-0.05, 0) is 30.3 Å². The predicted molar refractivity (Wildman–Crippen MR) is 93.2 cm³/mol. The van der Waals surface area contributed by atoms with E-state index in [0.717, 1.165) is 4.47 Å². The van der Waals surface area contributed by atoms with E-state index >= 15 is 0 Å².